The van der Waals surface area contributed by atoms with E-state index in [9.17, 15) is 9.18 Å². The number of ketones is 1. The first-order valence-electron chi connectivity index (χ1n) is 7.07. The van der Waals surface area contributed by atoms with E-state index < -0.39 is 5.82 Å². The quantitative estimate of drug-likeness (QED) is 0.741. The van der Waals surface area contributed by atoms with E-state index in [2.05, 4.69) is 0 Å². The Bertz CT molecular complexity index is 605. The van der Waals surface area contributed by atoms with Crippen LogP contribution in [-0.2, 0) is 6.42 Å². The van der Waals surface area contributed by atoms with Gasteiger partial charge in [0.25, 0.3) is 0 Å². The number of benzene rings is 2. The van der Waals surface area contributed by atoms with Gasteiger partial charge in [-0.1, -0.05) is 31.2 Å². The van der Waals surface area contributed by atoms with E-state index in [0.717, 1.165) is 11.3 Å². The predicted molar refractivity (Wildman–Crippen MR) is 81.2 cm³/mol. The van der Waals surface area contributed by atoms with Crippen LogP contribution in [0.5, 0.6) is 5.75 Å². The SMILES string of the molecule is CCC(Cc1ccc(OC)cc1)C(=O)c1ccccc1F. The molecular weight excluding hydrogens is 267 g/mol. The van der Waals surface area contributed by atoms with Crippen LogP contribution in [0, 0.1) is 11.7 Å². The van der Waals surface area contributed by atoms with Crippen molar-refractivity contribution in [3.8, 4) is 5.75 Å². The molecule has 21 heavy (non-hydrogen) atoms. The van der Waals surface area contributed by atoms with Gasteiger partial charge < -0.3 is 4.74 Å². The third kappa shape index (κ3) is 3.69. The van der Waals surface area contributed by atoms with Crippen molar-refractivity contribution in [3.05, 3.63) is 65.5 Å². The summed E-state index contributed by atoms with van der Waals surface area (Å²) in [6.45, 7) is 1.95. The Balaban J connectivity index is 2.15. The van der Waals surface area contributed by atoms with Crippen LogP contribution in [0.25, 0.3) is 0 Å². The average molecular weight is 286 g/mol. The molecule has 0 fully saturated rings. The highest BCUT2D eigenvalue weighted by atomic mass is 19.1. The minimum atomic E-state index is -0.448. The molecule has 0 saturated carbocycles. The second kappa shape index (κ2) is 7.02. The smallest absolute Gasteiger partial charge is 0.169 e. The molecule has 3 heteroatoms. The van der Waals surface area contributed by atoms with Crippen molar-refractivity contribution in [2.24, 2.45) is 5.92 Å². The number of ether oxygens (including phenoxy) is 1. The number of hydrogen-bond donors (Lipinski definition) is 0. The summed E-state index contributed by atoms with van der Waals surface area (Å²) in [6.07, 6.45) is 1.28. The molecule has 0 aliphatic rings. The van der Waals surface area contributed by atoms with Crippen molar-refractivity contribution >= 4 is 5.78 Å². The fraction of sp³-hybridized carbons (Fsp3) is 0.278. The fourth-order valence-electron chi connectivity index (χ4n) is 2.35. The third-order valence-electron chi connectivity index (χ3n) is 3.64. The van der Waals surface area contributed by atoms with Crippen molar-refractivity contribution in [1.82, 2.24) is 0 Å². The molecule has 0 radical (unpaired) electrons. The van der Waals surface area contributed by atoms with Gasteiger partial charge in [0.1, 0.15) is 11.6 Å². The van der Waals surface area contributed by atoms with Gasteiger partial charge in [0.15, 0.2) is 5.78 Å². The summed E-state index contributed by atoms with van der Waals surface area (Å²) < 4.78 is 18.9. The number of hydrogen-bond acceptors (Lipinski definition) is 2. The van der Waals surface area contributed by atoms with E-state index in [1.54, 1.807) is 25.3 Å². The van der Waals surface area contributed by atoms with Crippen LogP contribution < -0.4 is 4.74 Å². The highest BCUT2D eigenvalue weighted by Crippen LogP contribution is 2.21. The minimum Gasteiger partial charge on any atom is -0.497 e. The first-order chi connectivity index (χ1) is 10.2. The summed E-state index contributed by atoms with van der Waals surface area (Å²) in [5.74, 6) is -0.00961. The van der Waals surface area contributed by atoms with Gasteiger partial charge in [0.05, 0.1) is 12.7 Å². The van der Waals surface area contributed by atoms with Crippen LogP contribution in [0.3, 0.4) is 0 Å². The van der Waals surface area contributed by atoms with E-state index in [4.69, 9.17) is 4.74 Å². The van der Waals surface area contributed by atoms with Crippen molar-refractivity contribution in [2.75, 3.05) is 7.11 Å². The molecule has 1 atom stereocenters. The summed E-state index contributed by atoms with van der Waals surface area (Å²) >= 11 is 0. The molecule has 0 aliphatic carbocycles. The largest absolute Gasteiger partial charge is 0.497 e. The number of Topliss-reactive ketones (excluding diaryl/α,β-unsaturated/α-hetero) is 1. The second-order valence-electron chi connectivity index (χ2n) is 5.00. The van der Waals surface area contributed by atoms with Gasteiger partial charge in [0, 0.05) is 5.92 Å². The number of carbonyl (C=O) groups is 1. The maximum atomic E-state index is 13.7. The molecule has 1 unspecified atom stereocenters. The zero-order valence-electron chi connectivity index (χ0n) is 12.3. The zero-order chi connectivity index (χ0) is 15.2. The van der Waals surface area contributed by atoms with Gasteiger partial charge in [-0.2, -0.15) is 0 Å². The lowest BCUT2D eigenvalue weighted by Gasteiger charge is -2.14. The normalized spacial score (nSPS) is 12.0. The van der Waals surface area contributed by atoms with Gasteiger partial charge in [-0.05, 0) is 42.7 Å². The molecule has 0 saturated heterocycles. The summed E-state index contributed by atoms with van der Waals surface area (Å²) in [5, 5.41) is 0. The Morgan fingerprint density at radius 1 is 1.14 bits per heavy atom. The molecule has 0 amide bonds. The monoisotopic (exact) mass is 286 g/mol. The molecule has 2 nitrogen and oxygen atoms in total. The van der Waals surface area contributed by atoms with Crippen LogP contribution in [-0.4, -0.2) is 12.9 Å². The average Bonchev–Trinajstić information content (AvgIpc) is 2.53. The highest BCUT2D eigenvalue weighted by molar-refractivity contribution is 5.98. The van der Waals surface area contributed by atoms with Gasteiger partial charge in [0.2, 0.25) is 0 Å². The Hall–Kier alpha value is -2.16. The molecule has 0 N–H and O–H groups in total. The molecule has 2 aromatic carbocycles. The van der Waals surface area contributed by atoms with E-state index in [1.807, 2.05) is 31.2 Å². The maximum absolute atomic E-state index is 13.7. The Kier molecular flexibility index (Phi) is 5.09. The van der Waals surface area contributed by atoms with Gasteiger partial charge in [-0.25, -0.2) is 4.39 Å². The molecular formula is C18H19FO2. The van der Waals surface area contributed by atoms with E-state index in [1.165, 1.54) is 6.07 Å². The summed E-state index contributed by atoms with van der Waals surface area (Å²) in [7, 11) is 1.62. The number of halogens is 1. The molecule has 0 heterocycles. The van der Waals surface area contributed by atoms with E-state index >= 15 is 0 Å². The molecule has 2 rings (SSSR count). The van der Waals surface area contributed by atoms with Crippen molar-refractivity contribution in [2.45, 2.75) is 19.8 Å². The molecule has 0 aromatic heterocycles. The minimum absolute atomic E-state index is 0.133. The lowest BCUT2D eigenvalue weighted by Crippen LogP contribution is -2.18. The molecule has 110 valence electrons. The standard InChI is InChI=1S/C18H19FO2/c1-3-14(12-13-8-10-15(21-2)11-9-13)18(20)16-6-4-5-7-17(16)19/h4-11,14H,3,12H2,1-2H3. The zero-order valence-corrected chi connectivity index (χ0v) is 12.3. The Morgan fingerprint density at radius 2 is 1.81 bits per heavy atom. The number of methoxy groups -OCH3 is 1. The van der Waals surface area contributed by atoms with Crippen LogP contribution in [0.4, 0.5) is 4.39 Å². The summed E-state index contributed by atoms with van der Waals surface area (Å²) in [5.41, 5.74) is 1.23. The van der Waals surface area contributed by atoms with Crippen LogP contribution in [0.1, 0.15) is 29.3 Å². The van der Waals surface area contributed by atoms with Crippen molar-refractivity contribution in [3.63, 3.8) is 0 Å². The van der Waals surface area contributed by atoms with Crippen LogP contribution in [0.15, 0.2) is 48.5 Å². The Labute approximate surface area is 124 Å². The maximum Gasteiger partial charge on any atom is 0.169 e. The number of rotatable bonds is 6. The van der Waals surface area contributed by atoms with Gasteiger partial charge in [-0.15, -0.1) is 0 Å². The first kappa shape index (κ1) is 15.2. The fourth-order valence-corrected chi connectivity index (χ4v) is 2.35. The summed E-state index contributed by atoms with van der Waals surface area (Å²) in [4.78, 5) is 12.5. The Morgan fingerprint density at radius 3 is 2.38 bits per heavy atom. The predicted octanol–water partition coefficient (Wildman–Crippen LogP) is 4.29. The lowest BCUT2D eigenvalue weighted by atomic mass is 9.89. The van der Waals surface area contributed by atoms with Crippen molar-refractivity contribution in [1.29, 1.82) is 0 Å². The molecule has 0 bridgehead atoms. The van der Waals surface area contributed by atoms with Crippen LogP contribution >= 0.6 is 0 Å². The van der Waals surface area contributed by atoms with E-state index in [-0.39, 0.29) is 17.3 Å². The lowest BCUT2D eigenvalue weighted by molar-refractivity contribution is 0.0911. The second-order valence-corrected chi connectivity index (χ2v) is 5.00. The topological polar surface area (TPSA) is 26.3 Å². The molecule has 0 spiro atoms. The third-order valence-corrected chi connectivity index (χ3v) is 3.64. The van der Waals surface area contributed by atoms with Gasteiger partial charge >= 0.3 is 0 Å². The first-order valence-corrected chi connectivity index (χ1v) is 7.07. The van der Waals surface area contributed by atoms with E-state index in [0.29, 0.717) is 12.8 Å². The number of carbonyl (C=O) groups excluding carboxylic acids is 1. The van der Waals surface area contributed by atoms with Gasteiger partial charge in [-0.3, -0.25) is 4.79 Å². The highest BCUT2D eigenvalue weighted by Gasteiger charge is 2.21. The summed E-state index contributed by atoms with van der Waals surface area (Å²) in [6, 6.07) is 13.8. The molecule has 0 aliphatic heterocycles. The molecule has 2 aromatic rings. The van der Waals surface area contributed by atoms with Crippen molar-refractivity contribution < 1.29 is 13.9 Å². The van der Waals surface area contributed by atoms with Crippen LogP contribution in [0.2, 0.25) is 0 Å².